The maximum Gasteiger partial charge on any atom is 0.338 e. The number of carbonyl (C=O) groups is 1. The standard InChI is InChI=1S/C31H24Cl3IN2O5S/c1-4-41-30(39)26-16(2)36-31-37(27(26)18-5-8-20(32)9-6-18)29(38)25(43-31)13-17-11-23(35)28(24(12-17)40-3)42-15-19-7-10-21(33)14-22(19)34/h5-14,27H,4,15H2,1-3H3/b25-13+/t27-/m1/s1. The van der Waals surface area contributed by atoms with Gasteiger partial charge in [0.05, 0.1) is 39.1 Å². The topological polar surface area (TPSA) is 79.1 Å². The lowest BCUT2D eigenvalue weighted by Gasteiger charge is -2.24. The van der Waals surface area contributed by atoms with Gasteiger partial charge in [-0.1, -0.05) is 64.3 Å². The predicted molar refractivity (Wildman–Crippen MR) is 178 cm³/mol. The third-order valence-electron chi connectivity index (χ3n) is 6.64. The molecule has 7 nitrogen and oxygen atoms in total. The number of ether oxygens (including phenoxy) is 3. The van der Waals surface area contributed by atoms with Crippen LogP contribution in [0.4, 0.5) is 0 Å². The minimum Gasteiger partial charge on any atom is -0.493 e. The minimum atomic E-state index is -0.722. The van der Waals surface area contributed by atoms with E-state index in [0.717, 1.165) is 14.7 Å². The van der Waals surface area contributed by atoms with Gasteiger partial charge >= 0.3 is 5.97 Å². The monoisotopic (exact) mass is 768 g/mol. The van der Waals surface area contributed by atoms with Crippen molar-refractivity contribution in [3.05, 3.63) is 121 Å². The molecule has 12 heteroatoms. The van der Waals surface area contributed by atoms with Crippen LogP contribution in [0.2, 0.25) is 15.1 Å². The number of esters is 1. The Morgan fingerprint density at radius 1 is 1.09 bits per heavy atom. The van der Waals surface area contributed by atoms with Crippen LogP contribution in [0.25, 0.3) is 6.08 Å². The maximum atomic E-state index is 13.9. The number of hydrogen-bond donors (Lipinski definition) is 0. The molecule has 43 heavy (non-hydrogen) atoms. The van der Waals surface area contributed by atoms with Crippen LogP contribution in [-0.2, 0) is 16.1 Å². The Labute approximate surface area is 280 Å². The zero-order valence-electron chi connectivity index (χ0n) is 23.1. The van der Waals surface area contributed by atoms with Gasteiger partial charge in [0, 0.05) is 20.6 Å². The van der Waals surface area contributed by atoms with Crippen molar-refractivity contribution in [1.82, 2.24) is 4.57 Å². The van der Waals surface area contributed by atoms with E-state index in [4.69, 9.17) is 49.0 Å². The number of nitrogens with zero attached hydrogens (tertiary/aromatic N) is 2. The number of carbonyl (C=O) groups excluding carboxylic acids is 1. The Morgan fingerprint density at radius 3 is 2.49 bits per heavy atom. The van der Waals surface area contributed by atoms with Gasteiger partial charge in [-0.15, -0.1) is 0 Å². The van der Waals surface area contributed by atoms with Gasteiger partial charge in [-0.3, -0.25) is 9.36 Å². The average molecular weight is 770 g/mol. The van der Waals surface area contributed by atoms with Crippen LogP contribution in [-0.4, -0.2) is 24.3 Å². The third-order valence-corrected chi connectivity index (χ3v) is 9.26. The fourth-order valence-electron chi connectivity index (χ4n) is 4.66. The Hall–Kier alpha value is -2.83. The van der Waals surface area contributed by atoms with Crippen molar-refractivity contribution < 1.29 is 19.0 Å². The molecule has 1 aliphatic rings. The van der Waals surface area contributed by atoms with E-state index in [1.54, 1.807) is 69.5 Å². The van der Waals surface area contributed by atoms with Crippen molar-refractivity contribution in [3.8, 4) is 11.5 Å². The van der Waals surface area contributed by atoms with Gasteiger partial charge in [0.15, 0.2) is 16.3 Å². The van der Waals surface area contributed by atoms with Crippen LogP contribution >= 0.6 is 68.7 Å². The molecule has 0 unspecified atom stereocenters. The minimum absolute atomic E-state index is 0.195. The number of halogens is 4. The number of fused-ring (bicyclic) bond motifs is 1. The predicted octanol–water partition coefficient (Wildman–Crippen LogP) is 6.95. The molecule has 0 radical (unpaired) electrons. The van der Waals surface area contributed by atoms with Crippen LogP contribution < -0.4 is 24.4 Å². The highest BCUT2D eigenvalue weighted by molar-refractivity contribution is 14.1. The maximum absolute atomic E-state index is 13.9. The molecule has 0 bridgehead atoms. The number of thiazole rings is 1. The molecule has 3 aromatic carbocycles. The molecule has 5 rings (SSSR count). The van der Waals surface area contributed by atoms with E-state index >= 15 is 0 Å². The van der Waals surface area contributed by atoms with Crippen LogP contribution in [0.1, 0.15) is 36.6 Å². The first-order valence-corrected chi connectivity index (χ1v) is 16.0. The molecule has 0 saturated heterocycles. The molecule has 1 atom stereocenters. The summed E-state index contributed by atoms with van der Waals surface area (Å²) in [5, 5.41) is 1.59. The van der Waals surface area contributed by atoms with Crippen molar-refractivity contribution in [2.45, 2.75) is 26.5 Å². The first kappa shape index (κ1) is 31.6. The summed E-state index contributed by atoms with van der Waals surface area (Å²) in [7, 11) is 1.55. The summed E-state index contributed by atoms with van der Waals surface area (Å²) in [4.78, 5) is 32.1. The van der Waals surface area contributed by atoms with Crippen LogP contribution in [0.5, 0.6) is 11.5 Å². The fraction of sp³-hybridized carbons (Fsp3) is 0.194. The van der Waals surface area contributed by atoms with E-state index in [1.807, 2.05) is 12.1 Å². The number of rotatable bonds is 8. The number of methoxy groups -OCH3 is 1. The average Bonchev–Trinajstić information content (AvgIpc) is 3.26. The summed E-state index contributed by atoms with van der Waals surface area (Å²) < 4.78 is 19.8. The Balaban J connectivity index is 1.56. The number of allylic oxidation sites excluding steroid dienone is 1. The van der Waals surface area contributed by atoms with Crippen LogP contribution in [0.15, 0.2) is 75.7 Å². The highest BCUT2D eigenvalue weighted by atomic mass is 127. The first-order valence-electron chi connectivity index (χ1n) is 13.0. The second-order valence-electron chi connectivity index (χ2n) is 9.41. The molecule has 2 heterocycles. The summed E-state index contributed by atoms with van der Waals surface area (Å²) in [6.07, 6.45) is 1.77. The normalized spacial score (nSPS) is 14.8. The fourth-order valence-corrected chi connectivity index (χ4v) is 7.07. The summed E-state index contributed by atoms with van der Waals surface area (Å²) >= 11 is 21.9. The van der Waals surface area contributed by atoms with Crippen molar-refractivity contribution in [3.63, 3.8) is 0 Å². The highest BCUT2D eigenvalue weighted by Crippen LogP contribution is 2.36. The van der Waals surface area contributed by atoms with Gasteiger partial charge in [0.2, 0.25) is 0 Å². The van der Waals surface area contributed by atoms with Gasteiger partial charge in [0.1, 0.15) is 6.61 Å². The largest absolute Gasteiger partial charge is 0.493 e. The van der Waals surface area contributed by atoms with E-state index in [2.05, 4.69) is 27.6 Å². The van der Waals surface area contributed by atoms with E-state index < -0.39 is 12.0 Å². The van der Waals surface area contributed by atoms with Gasteiger partial charge < -0.3 is 14.2 Å². The molecule has 222 valence electrons. The number of aromatic nitrogens is 1. The summed E-state index contributed by atoms with van der Waals surface area (Å²) in [6.45, 7) is 3.89. The third kappa shape index (κ3) is 6.66. The van der Waals surface area contributed by atoms with Gasteiger partial charge in [-0.25, -0.2) is 9.79 Å². The molecule has 0 amide bonds. The van der Waals surface area contributed by atoms with E-state index in [0.29, 0.717) is 52.7 Å². The Bertz CT molecular complexity index is 1940. The Morgan fingerprint density at radius 2 is 1.81 bits per heavy atom. The molecule has 0 N–H and O–H groups in total. The lowest BCUT2D eigenvalue weighted by atomic mass is 9.96. The summed E-state index contributed by atoms with van der Waals surface area (Å²) in [6, 6.07) is 15.2. The SMILES string of the molecule is CCOC(=O)C1=C(C)N=c2s/c(=C/c3cc(I)c(OCc4ccc(Cl)cc4Cl)c(OC)c3)c(=O)n2[C@@H]1c1ccc(Cl)cc1. The molecule has 0 spiro atoms. The summed E-state index contributed by atoms with van der Waals surface area (Å²) in [5.41, 5.74) is 2.73. The molecular weight excluding hydrogens is 746 g/mol. The lowest BCUT2D eigenvalue weighted by molar-refractivity contribution is -0.139. The van der Waals surface area contributed by atoms with Gasteiger partial charge in [-0.2, -0.15) is 0 Å². The van der Waals surface area contributed by atoms with Gasteiger partial charge in [0.25, 0.3) is 5.56 Å². The quantitative estimate of drug-likeness (QED) is 0.143. The number of hydrogen-bond acceptors (Lipinski definition) is 7. The molecule has 1 aromatic heterocycles. The number of benzene rings is 3. The molecular formula is C31H24Cl3IN2O5S. The van der Waals surface area contributed by atoms with E-state index in [-0.39, 0.29) is 18.8 Å². The van der Waals surface area contributed by atoms with Crippen LogP contribution in [0.3, 0.4) is 0 Å². The smallest absolute Gasteiger partial charge is 0.338 e. The first-order chi connectivity index (χ1) is 20.6. The van der Waals surface area contributed by atoms with E-state index in [9.17, 15) is 9.59 Å². The van der Waals surface area contributed by atoms with Crippen molar-refractivity contribution in [1.29, 1.82) is 0 Å². The van der Waals surface area contributed by atoms with Crippen molar-refractivity contribution >= 4 is 80.8 Å². The van der Waals surface area contributed by atoms with Crippen LogP contribution in [0, 0.1) is 3.57 Å². The molecule has 0 fully saturated rings. The van der Waals surface area contributed by atoms with Crippen molar-refractivity contribution in [2.24, 2.45) is 4.99 Å². The molecule has 1 aliphatic heterocycles. The zero-order valence-corrected chi connectivity index (χ0v) is 28.4. The molecule has 0 saturated carbocycles. The van der Waals surface area contributed by atoms with Gasteiger partial charge in [-0.05, 0) is 90.0 Å². The zero-order chi connectivity index (χ0) is 30.8. The van der Waals surface area contributed by atoms with E-state index in [1.165, 1.54) is 15.9 Å². The highest BCUT2D eigenvalue weighted by Gasteiger charge is 2.33. The summed E-state index contributed by atoms with van der Waals surface area (Å²) in [5.74, 6) is 0.522. The van der Waals surface area contributed by atoms with Crippen molar-refractivity contribution in [2.75, 3.05) is 13.7 Å². The second-order valence-corrected chi connectivity index (χ2v) is 12.9. The lowest BCUT2D eigenvalue weighted by Crippen LogP contribution is -2.39. The Kier molecular flexibility index (Phi) is 9.87. The molecule has 4 aromatic rings. The molecule has 0 aliphatic carbocycles. The second kappa shape index (κ2) is 13.4.